The average molecular weight is 325 g/mol. The Morgan fingerprint density at radius 3 is 2.38 bits per heavy atom. The monoisotopic (exact) mass is 325 g/mol. The molecule has 1 aromatic rings. The number of hydrogen-bond donors (Lipinski definition) is 1. The first-order valence-corrected chi connectivity index (χ1v) is 7.05. The second-order valence-electron chi connectivity index (χ2n) is 4.40. The molecule has 1 N–H and O–H groups in total. The van der Waals surface area contributed by atoms with Crippen molar-refractivity contribution in [3.05, 3.63) is 29.3 Å². The summed E-state index contributed by atoms with van der Waals surface area (Å²) in [5.41, 5.74) is -3.39. The van der Waals surface area contributed by atoms with Crippen molar-refractivity contribution in [2.45, 2.75) is 19.5 Å². The van der Waals surface area contributed by atoms with E-state index in [2.05, 4.69) is 0 Å². The molecule has 1 rings (SSSR count). The molecule has 0 saturated carbocycles. The van der Waals surface area contributed by atoms with Gasteiger partial charge in [-0.05, 0) is 11.8 Å². The summed E-state index contributed by atoms with van der Waals surface area (Å²) in [6, 6.07) is 2.17. The Bertz CT molecular complexity index is 555. The van der Waals surface area contributed by atoms with Crippen LogP contribution in [0.2, 0.25) is 0 Å². The molecule has 0 amide bonds. The van der Waals surface area contributed by atoms with Gasteiger partial charge in [0.1, 0.15) is 5.82 Å². The van der Waals surface area contributed by atoms with Crippen LogP contribution >= 0.6 is 11.8 Å². The van der Waals surface area contributed by atoms with E-state index >= 15 is 0 Å². The lowest BCUT2D eigenvalue weighted by Gasteiger charge is -2.29. The SMILES string of the molecule is CCSCC(C#N)(Cc1cc(F)cc(F)c1O)C(F)(F)F. The van der Waals surface area contributed by atoms with Gasteiger partial charge in [-0.15, -0.1) is 0 Å². The molecule has 0 fully saturated rings. The second-order valence-corrected chi connectivity index (χ2v) is 5.68. The van der Waals surface area contributed by atoms with Gasteiger partial charge in [-0.3, -0.25) is 0 Å². The van der Waals surface area contributed by atoms with E-state index < -0.39 is 46.7 Å². The maximum Gasteiger partial charge on any atom is 0.408 e. The number of phenolic OH excluding ortho intramolecular Hbond substituents is 1. The van der Waals surface area contributed by atoms with Crippen molar-refractivity contribution in [1.82, 2.24) is 0 Å². The number of hydrogen-bond acceptors (Lipinski definition) is 3. The van der Waals surface area contributed by atoms with Crippen molar-refractivity contribution < 1.29 is 27.1 Å². The van der Waals surface area contributed by atoms with Crippen LogP contribution in [0.4, 0.5) is 22.0 Å². The molecule has 2 nitrogen and oxygen atoms in total. The molecule has 1 unspecified atom stereocenters. The van der Waals surface area contributed by atoms with Gasteiger partial charge < -0.3 is 5.11 Å². The lowest BCUT2D eigenvalue weighted by atomic mass is 9.83. The summed E-state index contributed by atoms with van der Waals surface area (Å²) >= 11 is 0.888. The number of alkyl halides is 3. The Morgan fingerprint density at radius 1 is 1.29 bits per heavy atom. The van der Waals surface area contributed by atoms with Gasteiger partial charge in [0.15, 0.2) is 17.0 Å². The Morgan fingerprint density at radius 2 is 1.90 bits per heavy atom. The third kappa shape index (κ3) is 3.79. The molecule has 0 aromatic heterocycles. The molecule has 0 saturated heterocycles. The Labute approximate surface area is 122 Å². The first-order valence-electron chi connectivity index (χ1n) is 5.89. The molecule has 116 valence electrons. The molecule has 0 heterocycles. The predicted octanol–water partition coefficient (Wildman–Crippen LogP) is 4.04. The van der Waals surface area contributed by atoms with E-state index in [9.17, 15) is 27.1 Å². The molecule has 0 bridgehead atoms. The zero-order valence-electron chi connectivity index (χ0n) is 11.0. The van der Waals surface area contributed by atoms with E-state index in [1.807, 2.05) is 0 Å². The first kappa shape index (κ1) is 17.6. The highest BCUT2D eigenvalue weighted by atomic mass is 32.2. The molecule has 0 aliphatic heterocycles. The average Bonchev–Trinajstić information content (AvgIpc) is 2.38. The van der Waals surface area contributed by atoms with Gasteiger partial charge in [0.25, 0.3) is 0 Å². The number of nitriles is 1. The normalized spacial score (nSPS) is 14.5. The smallest absolute Gasteiger partial charge is 0.408 e. The number of nitrogens with zero attached hydrogens (tertiary/aromatic N) is 1. The van der Waals surface area contributed by atoms with Crippen molar-refractivity contribution in [2.24, 2.45) is 5.41 Å². The van der Waals surface area contributed by atoms with Crippen LogP contribution < -0.4 is 0 Å². The minimum atomic E-state index is -4.89. The molecule has 0 spiro atoms. The molecular formula is C13H12F5NOS. The predicted molar refractivity (Wildman–Crippen MR) is 68.8 cm³/mol. The molecule has 1 aromatic carbocycles. The fourth-order valence-electron chi connectivity index (χ4n) is 1.72. The Balaban J connectivity index is 3.28. The molecular weight excluding hydrogens is 313 g/mol. The lowest BCUT2D eigenvalue weighted by Crippen LogP contribution is -2.41. The maximum absolute atomic E-state index is 13.2. The summed E-state index contributed by atoms with van der Waals surface area (Å²) in [6.07, 6.45) is -5.90. The topological polar surface area (TPSA) is 44.0 Å². The fourth-order valence-corrected chi connectivity index (χ4v) is 2.61. The zero-order valence-corrected chi connectivity index (χ0v) is 11.8. The van der Waals surface area contributed by atoms with Gasteiger partial charge in [-0.1, -0.05) is 6.92 Å². The summed E-state index contributed by atoms with van der Waals surface area (Å²) < 4.78 is 66.0. The minimum absolute atomic E-state index is 0.350. The van der Waals surface area contributed by atoms with Gasteiger partial charge in [-0.2, -0.15) is 30.2 Å². The number of aromatic hydroxyl groups is 1. The number of phenols is 1. The van der Waals surface area contributed by atoms with Crippen LogP contribution in [0.25, 0.3) is 0 Å². The third-order valence-corrected chi connectivity index (χ3v) is 4.01. The Kier molecular flexibility index (Phi) is 5.45. The first-order chi connectivity index (χ1) is 9.66. The van der Waals surface area contributed by atoms with Gasteiger partial charge >= 0.3 is 6.18 Å². The van der Waals surface area contributed by atoms with E-state index in [0.717, 1.165) is 11.8 Å². The van der Waals surface area contributed by atoms with Gasteiger partial charge in [-0.25, -0.2) is 8.78 Å². The number of rotatable bonds is 5. The van der Waals surface area contributed by atoms with Crippen LogP contribution in [0.3, 0.4) is 0 Å². The highest BCUT2D eigenvalue weighted by Crippen LogP contribution is 2.44. The quantitative estimate of drug-likeness (QED) is 0.831. The zero-order chi connectivity index (χ0) is 16.3. The van der Waals surface area contributed by atoms with E-state index in [-0.39, 0.29) is 0 Å². The van der Waals surface area contributed by atoms with E-state index in [1.54, 1.807) is 6.92 Å². The van der Waals surface area contributed by atoms with Crippen molar-refractivity contribution in [3.63, 3.8) is 0 Å². The van der Waals surface area contributed by atoms with Crippen LogP contribution in [0, 0.1) is 28.4 Å². The van der Waals surface area contributed by atoms with E-state index in [4.69, 9.17) is 5.26 Å². The minimum Gasteiger partial charge on any atom is -0.505 e. The fraction of sp³-hybridized carbons (Fsp3) is 0.462. The summed E-state index contributed by atoms with van der Waals surface area (Å²) in [4.78, 5) is 0. The molecule has 0 aliphatic carbocycles. The largest absolute Gasteiger partial charge is 0.505 e. The van der Waals surface area contributed by atoms with Crippen LogP contribution in [0.5, 0.6) is 5.75 Å². The molecule has 8 heteroatoms. The maximum atomic E-state index is 13.2. The number of benzene rings is 1. The van der Waals surface area contributed by atoms with Gasteiger partial charge in [0.2, 0.25) is 0 Å². The van der Waals surface area contributed by atoms with Gasteiger partial charge in [0.05, 0.1) is 6.07 Å². The van der Waals surface area contributed by atoms with Crippen LogP contribution in [0.1, 0.15) is 12.5 Å². The van der Waals surface area contributed by atoms with Crippen molar-refractivity contribution in [2.75, 3.05) is 11.5 Å². The number of halogens is 5. The summed E-state index contributed by atoms with van der Waals surface area (Å²) in [5, 5.41) is 18.4. The molecule has 1 atom stereocenters. The van der Waals surface area contributed by atoms with Crippen LogP contribution in [-0.4, -0.2) is 22.8 Å². The van der Waals surface area contributed by atoms with Crippen molar-refractivity contribution >= 4 is 11.8 Å². The summed E-state index contributed by atoms with van der Waals surface area (Å²) in [6.45, 7) is 1.63. The third-order valence-electron chi connectivity index (χ3n) is 2.91. The van der Waals surface area contributed by atoms with Crippen molar-refractivity contribution in [1.29, 1.82) is 5.26 Å². The highest BCUT2D eigenvalue weighted by molar-refractivity contribution is 7.99. The second kappa shape index (κ2) is 6.52. The number of thioether (sulfide) groups is 1. The summed E-state index contributed by atoms with van der Waals surface area (Å²) in [7, 11) is 0. The molecule has 0 radical (unpaired) electrons. The lowest BCUT2D eigenvalue weighted by molar-refractivity contribution is -0.194. The van der Waals surface area contributed by atoms with E-state index in [0.29, 0.717) is 17.9 Å². The van der Waals surface area contributed by atoms with Gasteiger partial charge in [0, 0.05) is 23.8 Å². The molecule has 0 aliphatic rings. The van der Waals surface area contributed by atoms with Crippen LogP contribution in [-0.2, 0) is 6.42 Å². The highest BCUT2D eigenvalue weighted by Gasteiger charge is 2.55. The van der Waals surface area contributed by atoms with Crippen molar-refractivity contribution in [3.8, 4) is 11.8 Å². The van der Waals surface area contributed by atoms with E-state index in [1.165, 1.54) is 6.07 Å². The summed E-state index contributed by atoms with van der Waals surface area (Å²) in [5.74, 6) is -3.77. The van der Waals surface area contributed by atoms with Crippen LogP contribution in [0.15, 0.2) is 12.1 Å². The molecule has 21 heavy (non-hydrogen) atoms. The standard InChI is InChI=1S/C13H12F5NOS/c1-2-21-7-12(6-19,13(16,17)18)5-8-3-9(14)4-10(15)11(8)20/h3-4,20H,2,5,7H2,1H3. The Hall–Kier alpha value is -1.49.